The first kappa shape index (κ1) is 13.1. The first-order valence-electron chi connectivity index (χ1n) is 6.71. The van der Waals surface area contributed by atoms with E-state index in [0.717, 1.165) is 23.1 Å². The van der Waals surface area contributed by atoms with Crippen molar-refractivity contribution in [2.45, 2.75) is 38.6 Å². The molecule has 3 nitrogen and oxygen atoms in total. The Balaban J connectivity index is 2.04. The molecule has 1 aliphatic carbocycles. The summed E-state index contributed by atoms with van der Waals surface area (Å²) in [6.07, 6.45) is 5.21. The van der Waals surface area contributed by atoms with Crippen molar-refractivity contribution in [2.24, 2.45) is 5.92 Å². The van der Waals surface area contributed by atoms with Gasteiger partial charge in [-0.15, -0.1) is 0 Å². The zero-order valence-corrected chi connectivity index (χ0v) is 11.5. The van der Waals surface area contributed by atoms with Crippen molar-refractivity contribution in [1.82, 2.24) is 0 Å². The second kappa shape index (κ2) is 5.98. The average Bonchev–Trinajstić information content (AvgIpc) is 2.38. The minimum absolute atomic E-state index is 0.590. The molecule has 2 unspecified atom stereocenters. The van der Waals surface area contributed by atoms with Crippen LogP contribution in [-0.4, -0.2) is 20.3 Å². The summed E-state index contributed by atoms with van der Waals surface area (Å²) >= 11 is 0. The van der Waals surface area contributed by atoms with Crippen molar-refractivity contribution in [3.63, 3.8) is 0 Å². The largest absolute Gasteiger partial charge is 0.493 e. The van der Waals surface area contributed by atoms with Gasteiger partial charge in [0, 0.05) is 17.8 Å². The molecule has 0 heterocycles. The van der Waals surface area contributed by atoms with Crippen LogP contribution >= 0.6 is 0 Å². The molecule has 3 heteroatoms. The first-order valence-corrected chi connectivity index (χ1v) is 6.71. The van der Waals surface area contributed by atoms with Crippen LogP contribution in [0, 0.1) is 5.92 Å². The average molecular weight is 249 g/mol. The Labute approximate surface area is 109 Å². The van der Waals surface area contributed by atoms with E-state index in [-0.39, 0.29) is 0 Å². The van der Waals surface area contributed by atoms with Crippen LogP contribution in [-0.2, 0) is 0 Å². The molecule has 1 aromatic carbocycles. The van der Waals surface area contributed by atoms with Gasteiger partial charge in [-0.2, -0.15) is 0 Å². The van der Waals surface area contributed by atoms with Gasteiger partial charge in [0.15, 0.2) is 11.5 Å². The van der Waals surface area contributed by atoms with E-state index >= 15 is 0 Å². The SMILES string of the molecule is COc1ccc(NC2CCCC(C)C2)cc1OC. The molecule has 0 bridgehead atoms. The summed E-state index contributed by atoms with van der Waals surface area (Å²) < 4.78 is 10.6. The van der Waals surface area contributed by atoms with Crippen molar-refractivity contribution in [3.8, 4) is 11.5 Å². The lowest BCUT2D eigenvalue weighted by atomic mass is 9.87. The van der Waals surface area contributed by atoms with Gasteiger partial charge in [0.05, 0.1) is 14.2 Å². The van der Waals surface area contributed by atoms with E-state index in [2.05, 4.69) is 18.3 Å². The highest BCUT2D eigenvalue weighted by atomic mass is 16.5. The van der Waals surface area contributed by atoms with Crippen LogP contribution in [0.15, 0.2) is 18.2 Å². The lowest BCUT2D eigenvalue weighted by Gasteiger charge is -2.28. The molecule has 0 amide bonds. The van der Waals surface area contributed by atoms with Gasteiger partial charge >= 0.3 is 0 Å². The maximum atomic E-state index is 5.32. The standard InChI is InChI=1S/C15H23NO2/c1-11-5-4-6-12(9-11)16-13-7-8-14(17-2)15(10-13)18-3/h7-8,10-12,16H,4-6,9H2,1-3H3. The molecule has 0 aromatic heterocycles. The van der Waals surface area contributed by atoms with E-state index in [1.807, 2.05) is 12.1 Å². The highest BCUT2D eigenvalue weighted by Gasteiger charge is 2.18. The predicted molar refractivity (Wildman–Crippen MR) is 74.6 cm³/mol. The molecule has 2 rings (SSSR count). The van der Waals surface area contributed by atoms with Crippen LogP contribution in [0.5, 0.6) is 11.5 Å². The molecule has 1 aliphatic rings. The van der Waals surface area contributed by atoms with Gasteiger partial charge in [0.1, 0.15) is 0 Å². The zero-order valence-electron chi connectivity index (χ0n) is 11.5. The quantitative estimate of drug-likeness (QED) is 0.882. The summed E-state index contributed by atoms with van der Waals surface area (Å²) in [5, 5.41) is 3.60. The third-order valence-electron chi connectivity index (χ3n) is 3.69. The Hall–Kier alpha value is -1.38. The van der Waals surface area contributed by atoms with Gasteiger partial charge in [-0.05, 0) is 30.9 Å². The molecule has 1 fully saturated rings. The summed E-state index contributed by atoms with van der Waals surface area (Å²) in [5.74, 6) is 2.39. The Kier molecular flexibility index (Phi) is 4.34. The second-order valence-electron chi connectivity index (χ2n) is 5.18. The molecule has 1 saturated carbocycles. The summed E-state index contributed by atoms with van der Waals surface area (Å²) in [7, 11) is 3.33. The lowest BCUT2D eigenvalue weighted by molar-refractivity contribution is 0.353. The third-order valence-corrected chi connectivity index (χ3v) is 3.69. The molecule has 0 saturated heterocycles. The number of anilines is 1. The Morgan fingerprint density at radius 1 is 1.11 bits per heavy atom. The van der Waals surface area contributed by atoms with Gasteiger partial charge in [-0.3, -0.25) is 0 Å². The van der Waals surface area contributed by atoms with Crippen LogP contribution in [0.3, 0.4) is 0 Å². The minimum atomic E-state index is 0.590. The first-order chi connectivity index (χ1) is 8.72. The van der Waals surface area contributed by atoms with E-state index < -0.39 is 0 Å². The zero-order chi connectivity index (χ0) is 13.0. The van der Waals surface area contributed by atoms with E-state index in [1.54, 1.807) is 14.2 Å². The number of ether oxygens (including phenoxy) is 2. The van der Waals surface area contributed by atoms with E-state index in [4.69, 9.17) is 9.47 Å². The van der Waals surface area contributed by atoms with Gasteiger partial charge in [-0.1, -0.05) is 19.8 Å². The van der Waals surface area contributed by atoms with Crippen molar-refractivity contribution in [2.75, 3.05) is 19.5 Å². The molecule has 0 spiro atoms. The number of rotatable bonds is 4. The normalized spacial score (nSPS) is 23.5. The topological polar surface area (TPSA) is 30.5 Å². The van der Waals surface area contributed by atoms with E-state index in [0.29, 0.717) is 6.04 Å². The molecular weight excluding hydrogens is 226 g/mol. The van der Waals surface area contributed by atoms with Gasteiger partial charge in [-0.25, -0.2) is 0 Å². The van der Waals surface area contributed by atoms with Gasteiger partial charge in [0.25, 0.3) is 0 Å². The van der Waals surface area contributed by atoms with E-state index in [1.165, 1.54) is 25.7 Å². The number of methoxy groups -OCH3 is 2. The summed E-state index contributed by atoms with van der Waals surface area (Å²) in [4.78, 5) is 0. The smallest absolute Gasteiger partial charge is 0.162 e. The maximum Gasteiger partial charge on any atom is 0.162 e. The second-order valence-corrected chi connectivity index (χ2v) is 5.18. The highest BCUT2D eigenvalue weighted by Crippen LogP contribution is 2.32. The molecule has 1 N–H and O–H groups in total. The fourth-order valence-corrected chi connectivity index (χ4v) is 2.73. The van der Waals surface area contributed by atoms with Crippen molar-refractivity contribution in [1.29, 1.82) is 0 Å². The molecule has 1 aromatic rings. The van der Waals surface area contributed by atoms with Crippen LogP contribution in [0.4, 0.5) is 5.69 Å². The van der Waals surface area contributed by atoms with E-state index in [9.17, 15) is 0 Å². The van der Waals surface area contributed by atoms with Crippen molar-refractivity contribution >= 4 is 5.69 Å². The van der Waals surface area contributed by atoms with Gasteiger partial charge in [0.2, 0.25) is 0 Å². The molecular formula is C15H23NO2. The van der Waals surface area contributed by atoms with Crippen LogP contribution in [0.25, 0.3) is 0 Å². The summed E-state index contributed by atoms with van der Waals surface area (Å²) in [6, 6.07) is 6.61. The molecule has 2 atom stereocenters. The Morgan fingerprint density at radius 2 is 1.89 bits per heavy atom. The fraction of sp³-hybridized carbons (Fsp3) is 0.600. The Morgan fingerprint density at radius 3 is 2.56 bits per heavy atom. The molecule has 0 aliphatic heterocycles. The molecule has 100 valence electrons. The number of benzene rings is 1. The molecule has 18 heavy (non-hydrogen) atoms. The summed E-state index contributed by atoms with van der Waals surface area (Å²) in [6.45, 7) is 2.34. The fourth-order valence-electron chi connectivity index (χ4n) is 2.73. The van der Waals surface area contributed by atoms with Crippen molar-refractivity contribution in [3.05, 3.63) is 18.2 Å². The maximum absolute atomic E-state index is 5.32. The number of hydrogen-bond donors (Lipinski definition) is 1. The lowest BCUT2D eigenvalue weighted by Crippen LogP contribution is -2.26. The number of nitrogens with one attached hydrogen (secondary N) is 1. The third kappa shape index (κ3) is 3.09. The predicted octanol–water partition coefficient (Wildman–Crippen LogP) is 3.69. The highest BCUT2D eigenvalue weighted by molar-refractivity contribution is 5.55. The van der Waals surface area contributed by atoms with Crippen molar-refractivity contribution < 1.29 is 9.47 Å². The van der Waals surface area contributed by atoms with Crippen LogP contribution in [0.1, 0.15) is 32.6 Å². The molecule has 0 radical (unpaired) electrons. The van der Waals surface area contributed by atoms with Crippen LogP contribution in [0.2, 0.25) is 0 Å². The number of hydrogen-bond acceptors (Lipinski definition) is 3. The Bertz CT molecular complexity index is 392. The van der Waals surface area contributed by atoms with Gasteiger partial charge < -0.3 is 14.8 Å². The minimum Gasteiger partial charge on any atom is -0.493 e. The summed E-state index contributed by atoms with van der Waals surface area (Å²) in [5.41, 5.74) is 1.12. The monoisotopic (exact) mass is 249 g/mol. The van der Waals surface area contributed by atoms with Crippen LogP contribution < -0.4 is 14.8 Å².